The summed E-state index contributed by atoms with van der Waals surface area (Å²) in [5.41, 5.74) is 2.87. The molecule has 3 rings (SSSR count). The van der Waals surface area contributed by atoms with Crippen molar-refractivity contribution < 1.29 is 4.74 Å². The summed E-state index contributed by atoms with van der Waals surface area (Å²) in [7, 11) is 1.68. The Morgan fingerprint density at radius 1 is 1.24 bits per heavy atom. The normalized spacial score (nSPS) is 10.5. The maximum atomic E-state index is 9.01. The molecule has 3 nitrogen and oxygen atoms in total. The highest BCUT2D eigenvalue weighted by Crippen LogP contribution is 2.29. The average Bonchev–Trinajstić information content (AvgIpc) is 2.83. The van der Waals surface area contributed by atoms with Gasteiger partial charge < -0.3 is 9.30 Å². The number of benzene rings is 2. The monoisotopic (exact) mass is 340 g/mol. The Labute approximate surface area is 131 Å². The summed E-state index contributed by atoms with van der Waals surface area (Å²) in [6, 6.07) is 15.9. The van der Waals surface area contributed by atoms with Gasteiger partial charge >= 0.3 is 0 Å². The number of hydrogen-bond donors (Lipinski definition) is 0. The number of fused-ring (bicyclic) bond motifs is 1. The highest BCUT2D eigenvalue weighted by molar-refractivity contribution is 9.10. The summed E-state index contributed by atoms with van der Waals surface area (Å²) in [5.74, 6) is 0.879. The smallest absolute Gasteiger partial charge is 0.123 e. The molecule has 0 aliphatic carbocycles. The predicted octanol–water partition coefficient (Wildman–Crippen LogP) is 4.33. The molecule has 4 heteroatoms. The van der Waals surface area contributed by atoms with Crippen LogP contribution in [0.3, 0.4) is 0 Å². The third kappa shape index (κ3) is 2.53. The summed E-state index contributed by atoms with van der Waals surface area (Å²) in [5, 5.41) is 10.1. The first-order valence-corrected chi connectivity index (χ1v) is 7.32. The Morgan fingerprint density at radius 2 is 2.05 bits per heavy atom. The molecule has 21 heavy (non-hydrogen) atoms. The van der Waals surface area contributed by atoms with Gasteiger partial charge in [-0.3, -0.25) is 0 Å². The number of rotatable bonds is 3. The van der Waals surface area contributed by atoms with Crippen LogP contribution in [0.15, 0.2) is 53.1 Å². The number of halogens is 1. The van der Waals surface area contributed by atoms with Gasteiger partial charge in [0.25, 0.3) is 0 Å². The molecule has 1 aromatic heterocycles. The lowest BCUT2D eigenvalue weighted by atomic mass is 10.1. The van der Waals surface area contributed by atoms with Crippen LogP contribution in [-0.2, 0) is 6.54 Å². The zero-order chi connectivity index (χ0) is 14.8. The lowest BCUT2D eigenvalue weighted by Gasteiger charge is -2.10. The molecule has 1 heterocycles. The van der Waals surface area contributed by atoms with Crippen LogP contribution in [0.1, 0.15) is 11.1 Å². The van der Waals surface area contributed by atoms with Gasteiger partial charge in [-0.15, -0.1) is 0 Å². The van der Waals surface area contributed by atoms with Crippen molar-refractivity contribution in [3.05, 3.63) is 64.3 Å². The molecule has 0 saturated heterocycles. The van der Waals surface area contributed by atoms with E-state index in [9.17, 15) is 0 Å². The van der Waals surface area contributed by atoms with Crippen LogP contribution in [0.5, 0.6) is 5.75 Å². The van der Waals surface area contributed by atoms with Crippen LogP contribution in [0.4, 0.5) is 0 Å². The number of hydrogen-bond acceptors (Lipinski definition) is 2. The van der Waals surface area contributed by atoms with E-state index in [1.54, 1.807) is 7.11 Å². The molecular formula is C17H13BrN2O. The minimum Gasteiger partial charge on any atom is -0.496 e. The Bertz CT molecular complexity index is 846. The zero-order valence-electron chi connectivity index (χ0n) is 11.5. The average molecular weight is 341 g/mol. The molecule has 3 aromatic rings. The SMILES string of the molecule is COc1ccccc1Cn1cc(Br)c2cc(C#N)ccc21. The number of ether oxygens (including phenoxy) is 1. The highest BCUT2D eigenvalue weighted by atomic mass is 79.9. The second kappa shape index (κ2) is 5.63. The van der Waals surface area contributed by atoms with Gasteiger partial charge in [0.2, 0.25) is 0 Å². The van der Waals surface area contributed by atoms with Crippen LogP contribution >= 0.6 is 15.9 Å². The Balaban J connectivity index is 2.08. The second-order valence-corrected chi connectivity index (χ2v) is 5.61. The molecule has 0 amide bonds. The van der Waals surface area contributed by atoms with Gasteiger partial charge in [0.15, 0.2) is 0 Å². The van der Waals surface area contributed by atoms with Gasteiger partial charge in [-0.1, -0.05) is 18.2 Å². The molecule has 0 unspecified atom stereocenters. The highest BCUT2D eigenvalue weighted by Gasteiger charge is 2.09. The van der Waals surface area contributed by atoms with Crippen LogP contribution in [-0.4, -0.2) is 11.7 Å². The topological polar surface area (TPSA) is 38.0 Å². The van der Waals surface area contributed by atoms with E-state index in [4.69, 9.17) is 10.00 Å². The molecule has 0 radical (unpaired) electrons. The molecule has 104 valence electrons. The molecule has 0 saturated carbocycles. The minimum absolute atomic E-state index is 0.665. The van der Waals surface area contributed by atoms with Gasteiger partial charge in [-0.05, 0) is 40.2 Å². The molecule has 0 aliphatic heterocycles. The molecule has 0 aliphatic rings. The van der Waals surface area contributed by atoms with E-state index in [-0.39, 0.29) is 0 Å². The molecule has 0 spiro atoms. The van der Waals surface area contributed by atoms with E-state index in [0.717, 1.165) is 33.2 Å². The number of nitriles is 1. The third-order valence-electron chi connectivity index (χ3n) is 3.49. The fraction of sp³-hybridized carbons (Fsp3) is 0.118. The van der Waals surface area contributed by atoms with Crippen molar-refractivity contribution in [3.63, 3.8) is 0 Å². The van der Waals surface area contributed by atoms with E-state index < -0.39 is 0 Å². The van der Waals surface area contributed by atoms with Crippen LogP contribution in [0.25, 0.3) is 10.9 Å². The van der Waals surface area contributed by atoms with Crippen molar-refractivity contribution in [3.8, 4) is 11.8 Å². The van der Waals surface area contributed by atoms with Crippen LogP contribution < -0.4 is 4.74 Å². The van der Waals surface area contributed by atoms with Gasteiger partial charge in [0.1, 0.15) is 5.75 Å². The predicted molar refractivity (Wildman–Crippen MR) is 86.4 cm³/mol. The number of nitrogens with zero attached hydrogens (tertiary/aromatic N) is 2. The summed E-state index contributed by atoms with van der Waals surface area (Å²) in [6.45, 7) is 0.720. The van der Waals surface area contributed by atoms with Gasteiger partial charge in [-0.25, -0.2) is 0 Å². The Morgan fingerprint density at radius 3 is 2.81 bits per heavy atom. The standard InChI is InChI=1S/C17H13BrN2O/c1-21-17-5-3-2-4-13(17)10-20-11-15(18)14-8-12(9-19)6-7-16(14)20/h2-8,11H,10H2,1H3. The minimum atomic E-state index is 0.665. The Kier molecular flexibility index (Phi) is 3.68. The first-order valence-electron chi connectivity index (χ1n) is 6.53. The molecular weight excluding hydrogens is 328 g/mol. The third-order valence-corrected chi connectivity index (χ3v) is 4.13. The second-order valence-electron chi connectivity index (χ2n) is 4.76. The van der Waals surface area contributed by atoms with Crippen molar-refractivity contribution in [1.82, 2.24) is 4.57 Å². The number of methoxy groups -OCH3 is 1. The maximum Gasteiger partial charge on any atom is 0.123 e. The largest absolute Gasteiger partial charge is 0.496 e. The van der Waals surface area contributed by atoms with Crippen LogP contribution in [0.2, 0.25) is 0 Å². The molecule has 0 atom stereocenters. The summed E-state index contributed by atoms with van der Waals surface area (Å²) in [6.07, 6.45) is 2.04. The summed E-state index contributed by atoms with van der Waals surface area (Å²) in [4.78, 5) is 0. The number of aromatic nitrogens is 1. The van der Waals surface area contributed by atoms with Crippen molar-refractivity contribution in [2.45, 2.75) is 6.54 Å². The van der Waals surface area contributed by atoms with Crippen molar-refractivity contribution in [2.75, 3.05) is 7.11 Å². The van der Waals surface area contributed by atoms with Crippen LogP contribution in [0, 0.1) is 11.3 Å². The van der Waals surface area contributed by atoms with Crippen molar-refractivity contribution in [2.24, 2.45) is 0 Å². The lowest BCUT2D eigenvalue weighted by molar-refractivity contribution is 0.408. The van der Waals surface area contributed by atoms with E-state index in [2.05, 4.69) is 32.6 Å². The number of para-hydroxylation sites is 1. The first-order chi connectivity index (χ1) is 10.2. The Hall–Kier alpha value is -2.25. The summed E-state index contributed by atoms with van der Waals surface area (Å²) < 4.78 is 8.55. The molecule has 0 fully saturated rings. The molecule has 0 bridgehead atoms. The lowest BCUT2D eigenvalue weighted by Crippen LogP contribution is -2.00. The van der Waals surface area contributed by atoms with E-state index in [0.29, 0.717) is 5.56 Å². The fourth-order valence-corrected chi connectivity index (χ4v) is 3.04. The van der Waals surface area contributed by atoms with Gasteiger partial charge in [-0.2, -0.15) is 5.26 Å². The zero-order valence-corrected chi connectivity index (χ0v) is 13.1. The summed E-state index contributed by atoms with van der Waals surface area (Å²) >= 11 is 3.57. The molecule has 2 aromatic carbocycles. The van der Waals surface area contributed by atoms with Gasteiger partial charge in [0, 0.05) is 27.1 Å². The van der Waals surface area contributed by atoms with E-state index in [1.807, 2.05) is 42.6 Å². The van der Waals surface area contributed by atoms with E-state index >= 15 is 0 Å². The molecule has 0 N–H and O–H groups in total. The first kappa shape index (κ1) is 13.7. The maximum absolute atomic E-state index is 9.01. The quantitative estimate of drug-likeness (QED) is 0.711. The fourth-order valence-electron chi connectivity index (χ4n) is 2.47. The van der Waals surface area contributed by atoms with E-state index in [1.165, 1.54) is 0 Å². The van der Waals surface area contributed by atoms with Crippen molar-refractivity contribution in [1.29, 1.82) is 5.26 Å². The van der Waals surface area contributed by atoms with Crippen molar-refractivity contribution >= 4 is 26.8 Å². The van der Waals surface area contributed by atoms with Gasteiger partial charge in [0.05, 0.1) is 25.3 Å².